The minimum absolute atomic E-state index is 0.0788. The summed E-state index contributed by atoms with van der Waals surface area (Å²) in [6, 6.07) is 4.59. The second-order valence-electron chi connectivity index (χ2n) is 3.93. The van der Waals surface area contributed by atoms with Gasteiger partial charge in [0.15, 0.2) is 0 Å². The minimum Gasteiger partial charge on any atom is -0.398 e. The lowest BCUT2D eigenvalue weighted by atomic mass is 10.1. The van der Waals surface area contributed by atoms with Crippen LogP contribution in [0.5, 0.6) is 0 Å². The summed E-state index contributed by atoms with van der Waals surface area (Å²) in [4.78, 5) is 13.1. The van der Waals surface area contributed by atoms with Gasteiger partial charge in [0.1, 0.15) is 5.82 Å². The smallest absolute Gasteiger partial charge is 0.234 e. The van der Waals surface area contributed by atoms with Crippen molar-refractivity contribution in [3.63, 3.8) is 0 Å². The Hall–Kier alpha value is -1.62. The number of hydrogen-bond donors (Lipinski definition) is 2. The second kappa shape index (κ2) is 6.20. The van der Waals surface area contributed by atoms with Crippen molar-refractivity contribution in [1.82, 2.24) is 10.2 Å². The average Bonchev–Trinajstić information content (AvgIpc) is 2.24. The monoisotopic (exact) mass is 239 g/mol. The first-order valence-electron chi connectivity index (χ1n) is 5.52. The zero-order valence-electron chi connectivity index (χ0n) is 10.2. The van der Waals surface area contributed by atoms with Gasteiger partial charge in [0.25, 0.3) is 0 Å². The van der Waals surface area contributed by atoms with Crippen molar-refractivity contribution in [3.05, 3.63) is 29.6 Å². The molecule has 0 aliphatic rings. The van der Waals surface area contributed by atoms with Crippen LogP contribution in [-0.4, -0.2) is 30.9 Å². The molecule has 0 radical (unpaired) electrons. The van der Waals surface area contributed by atoms with Crippen LogP contribution in [0.4, 0.5) is 10.1 Å². The molecule has 1 aromatic carbocycles. The summed E-state index contributed by atoms with van der Waals surface area (Å²) in [7, 11) is 1.75. The molecule has 0 unspecified atom stereocenters. The van der Waals surface area contributed by atoms with Crippen molar-refractivity contribution >= 4 is 11.6 Å². The van der Waals surface area contributed by atoms with E-state index in [0.717, 1.165) is 0 Å². The van der Waals surface area contributed by atoms with Crippen LogP contribution in [0.15, 0.2) is 18.2 Å². The van der Waals surface area contributed by atoms with Gasteiger partial charge in [-0.05, 0) is 26.1 Å². The molecule has 0 atom stereocenters. The zero-order chi connectivity index (χ0) is 12.8. The van der Waals surface area contributed by atoms with Gasteiger partial charge in [-0.15, -0.1) is 0 Å². The Bertz CT molecular complexity index is 375. The molecule has 0 aliphatic heterocycles. The molecule has 94 valence electrons. The topological polar surface area (TPSA) is 58.4 Å². The number of benzene rings is 1. The number of nitrogens with one attached hydrogen (secondary N) is 1. The van der Waals surface area contributed by atoms with Gasteiger partial charge in [-0.3, -0.25) is 9.69 Å². The van der Waals surface area contributed by atoms with Crippen LogP contribution in [0.25, 0.3) is 0 Å². The molecule has 0 fully saturated rings. The molecule has 0 spiro atoms. The summed E-state index contributed by atoms with van der Waals surface area (Å²) in [6.07, 6.45) is 0. The lowest BCUT2D eigenvalue weighted by Gasteiger charge is -2.17. The highest BCUT2D eigenvalue weighted by atomic mass is 19.1. The van der Waals surface area contributed by atoms with Crippen LogP contribution < -0.4 is 11.1 Å². The predicted molar refractivity (Wildman–Crippen MR) is 65.8 cm³/mol. The molecule has 0 saturated carbocycles. The van der Waals surface area contributed by atoms with Crippen LogP contribution in [0.3, 0.4) is 0 Å². The first-order chi connectivity index (χ1) is 8.04. The Morgan fingerprint density at radius 1 is 1.53 bits per heavy atom. The second-order valence-corrected chi connectivity index (χ2v) is 3.93. The van der Waals surface area contributed by atoms with Crippen LogP contribution in [-0.2, 0) is 11.3 Å². The third kappa shape index (κ3) is 4.03. The van der Waals surface area contributed by atoms with E-state index < -0.39 is 0 Å². The molecular weight excluding hydrogens is 221 g/mol. The average molecular weight is 239 g/mol. The fourth-order valence-corrected chi connectivity index (χ4v) is 1.57. The third-order valence-electron chi connectivity index (χ3n) is 2.37. The number of rotatable bonds is 5. The summed E-state index contributed by atoms with van der Waals surface area (Å²) < 4.78 is 13.5. The highest BCUT2D eigenvalue weighted by Crippen LogP contribution is 2.16. The molecule has 1 aromatic rings. The summed E-state index contributed by atoms with van der Waals surface area (Å²) in [5.74, 6) is -0.419. The van der Waals surface area contributed by atoms with E-state index >= 15 is 0 Å². The number of halogens is 1. The number of nitrogen functional groups attached to an aromatic ring is 1. The van der Waals surface area contributed by atoms with Gasteiger partial charge in [0.05, 0.1) is 6.54 Å². The van der Waals surface area contributed by atoms with E-state index in [4.69, 9.17) is 5.73 Å². The number of amides is 1. The summed E-state index contributed by atoms with van der Waals surface area (Å²) >= 11 is 0. The number of nitrogens with two attached hydrogens (primary N) is 1. The van der Waals surface area contributed by atoms with Gasteiger partial charge < -0.3 is 11.1 Å². The van der Waals surface area contributed by atoms with Crippen LogP contribution >= 0.6 is 0 Å². The van der Waals surface area contributed by atoms with Gasteiger partial charge in [-0.25, -0.2) is 4.39 Å². The van der Waals surface area contributed by atoms with E-state index in [1.807, 2.05) is 6.92 Å². The summed E-state index contributed by atoms with van der Waals surface area (Å²) in [5, 5.41) is 2.69. The van der Waals surface area contributed by atoms with E-state index in [9.17, 15) is 9.18 Å². The zero-order valence-corrected chi connectivity index (χ0v) is 10.2. The molecule has 1 rings (SSSR count). The number of hydrogen-bond acceptors (Lipinski definition) is 3. The fourth-order valence-electron chi connectivity index (χ4n) is 1.57. The molecule has 0 saturated heterocycles. The first-order valence-corrected chi connectivity index (χ1v) is 5.52. The molecule has 17 heavy (non-hydrogen) atoms. The van der Waals surface area contributed by atoms with Crippen molar-refractivity contribution in [3.8, 4) is 0 Å². The van der Waals surface area contributed by atoms with Gasteiger partial charge in [-0.2, -0.15) is 0 Å². The number of likely N-dealkylation sites (N-methyl/N-ethyl adjacent to an activating group) is 2. The van der Waals surface area contributed by atoms with E-state index in [-0.39, 0.29) is 18.3 Å². The molecule has 4 nitrogen and oxygen atoms in total. The van der Waals surface area contributed by atoms with E-state index in [1.165, 1.54) is 6.07 Å². The molecule has 1 amide bonds. The maximum Gasteiger partial charge on any atom is 0.234 e. The SMILES string of the molecule is CCNC(=O)CN(C)Cc1c(N)cccc1F. The van der Waals surface area contributed by atoms with Crippen molar-refractivity contribution in [1.29, 1.82) is 0 Å². The molecule has 5 heteroatoms. The third-order valence-corrected chi connectivity index (χ3v) is 2.37. The Morgan fingerprint density at radius 2 is 2.24 bits per heavy atom. The Balaban J connectivity index is 2.62. The van der Waals surface area contributed by atoms with Crippen LogP contribution in [0.2, 0.25) is 0 Å². The van der Waals surface area contributed by atoms with Crippen molar-refractivity contribution in [2.24, 2.45) is 0 Å². The predicted octanol–water partition coefficient (Wildman–Crippen LogP) is 0.976. The minimum atomic E-state index is -0.340. The van der Waals surface area contributed by atoms with E-state index in [0.29, 0.717) is 24.3 Å². The molecule has 3 N–H and O–H groups in total. The van der Waals surface area contributed by atoms with Crippen molar-refractivity contribution in [2.75, 3.05) is 25.9 Å². The largest absolute Gasteiger partial charge is 0.398 e. The molecule has 0 aliphatic carbocycles. The van der Waals surface area contributed by atoms with E-state index in [1.54, 1.807) is 24.1 Å². The normalized spacial score (nSPS) is 10.6. The van der Waals surface area contributed by atoms with E-state index in [2.05, 4.69) is 5.32 Å². The first kappa shape index (κ1) is 13.4. The molecule has 0 heterocycles. The number of carbonyl (C=O) groups excluding carboxylic acids is 1. The van der Waals surface area contributed by atoms with Gasteiger partial charge in [-0.1, -0.05) is 6.07 Å². The Labute approximate surface area is 101 Å². The van der Waals surface area contributed by atoms with Crippen molar-refractivity contribution in [2.45, 2.75) is 13.5 Å². The molecule has 0 aromatic heterocycles. The number of nitrogens with zero attached hydrogens (tertiary/aromatic N) is 1. The lowest BCUT2D eigenvalue weighted by molar-refractivity contribution is -0.121. The Kier molecular flexibility index (Phi) is 4.90. The highest BCUT2D eigenvalue weighted by molar-refractivity contribution is 5.77. The molecule has 0 bridgehead atoms. The highest BCUT2D eigenvalue weighted by Gasteiger charge is 2.11. The fraction of sp³-hybridized carbons (Fsp3) is 0.417. The van der Waals surface area contributed by atoms with Crippen LogP contribution in [0, 0.1) is 5.82 Å². The summed E-state index contributed by atoms with van der Waals surface area (Å²) in [5.41, 5.74) is 6.53. The number of anilines is 1. The molecular formula is C12H18FN3O. The maximum absolute atomic E-state index is 13.5. The van der Waals surface area contributed by atoms with Gasteiger partial charge in [0.2, 0.25) is 5.91 Å². The lowest BCUT2D eigenvalue weighted by Crippen LogP contribution is -2.34. The van der Waals surface area contributed by atoms with Gasteiger partial charge >= 0.3 is 0 Å². The van der Waals surface area contributed by atoms with Crippen molar-refractivity contribution < 1.29 is 9.18 Å². The summed E-state index contributed by atoms with van der Waals surface area (Å²) in [6.45, 7) is 2.98. The Morgan fingerprint density at radius 3 is 2.82 bits per heavy atom. The maximum atomic E-state index is 13.5. The van der Waals surface area contributed by atoms with Crippen LogP contribution in [0.1, 0.15) is 12.5 Å². The standard InChI is InChI=1S/C12H18FN3O/c1-3-15-12(17)8-16(2)7-9-10(13)5-4-6-11(9)14/h4-6H,3,7-8,14H2,1-2H3,(H,15,17). The van der Waals surface area contributed by atoms with Gasteiger partial charge in [0, 0.05) is 24.3 Å². The number of carbonyl (C=O) groups is 1. The quantitative estimate of drug-likeness (QED) is 0.753.